The predicted molar refractivity (Wildman–Crippen MR) is 422 cm³/mol. The number of nitrogens with zero attached hydrogens (tertiary/aromatic N) is 7. The summed E-state index contributed by atoms with van der Waals surface area (Å²) in [6, 6.07) is 36.2. The van der Waals surface area contributed by atoms with E-state index in [1.807, 2.05) is 101 Å². The molecule has 0 bridgehead atoms. The second kappa shape index (κ2) is 43.3. The molecule has 9 atom stereocenters. The molecule has 3 aliphatic carbocycles. The summed E-state index contributed by atoms with van der Waals surface area (Å²) in [7, 11) is -4.08. The van der Waals surface area contributed by atoms with Gasteiger partial charge in [-0.3, -0.25) is 18.6 Å². The van der Waals surface area contributed by atoms with Gasteiger partial charge in [0.25, 0.3) is 0 Å². The van der Waals surface area contributed by atoms with Crippen molar-refractivity contribution in [2.75, 3.05) is 55.4 Å². The molecular formula is C77H99BrN14O9S4. The van der Waals surface area contributed by atoms with Crippen LogP contribution in [-0.4, -0.2) is 140 Å². The van der Waals surface area contributed by atoms with Crippen LogP contribution in [0.25, 0.3) is 0 Å². The van der Waals surface area contributed by atoms with Crippen molar-refractivity contribution in [3.63, 3.8) is 0 Å². The van der Waals surface area contributed by atoms with Crippen LogP contribution >= 0.6 is 49.9 Å². The number of nitrogens with one attached hydrogen (secondary N) is 5. The molecule has 0 amide bonds. The van der Waals surface area contributed by atoms with Crippen molar-refractivity contribution in [1.29, 1.82) is 0 Å². The third kappa shape index (κ3) is 26.4. The normalized spacial score (nSPS) is 19.5. The number of halogens is 1. The number of aromatic nitrogens is 6. The van der Waals surface area contributed by atoms with Crippen LogP contribution in [0.2, 0.25) is 0 Å². The number of anilines is 3. The van der Waals surface area contributed by atoms with Crippen LogP contribution in [0.1, 0.15) is 152 Å². The highest BCUT2D eigenvalue weighted by Gasteiger charge is 2.36. The Morgan fingerprint density at radius 1 is 0.533 bits per heavy atom. The number of hydrogen-bond acceptors (Lipinski definition) is 25. The van der Waals surface area contributed by atoms with Gasteiger partial charge in [-0.1, -0.05) is 142 Å². The van der Waals surface area contributed by atoms with Crippen LogP contribution in [0.5, 0.6) is 0 Å². The number of nitrogens with two attached hydrogens (primary N) is 2. The molecule has 12 N–H and O–H groups in total. The van der Waals surface area contributed by atoms with Gasteiger partial charge in [0.2, 0.25) is 17.3 Å². The summed E-state index contributed by atoms with van der Waals surface area (Å²) in [4.78, 5) is 68.5. The third-order valence-corrected chi connectivity index (χ3v) is 22.8. The number of thiophene rings is 3. The Hall–Kier alpha value is -7.52. The first-order chi connectivity index (χ1) is 50.8. The smallest absolute Gasteiger partial charge is 0.333 e. The Kier molecular flexibility index (Phi) is 34.3. The van der Waals surface area contributed by atoms with Gasteiger partial charge in [0.05, 0.1) is 44.0 Å². The van der Waals surface area contributed by atoms with Crippen molar-refractivity contribution in [3.8, 4) is 0 Å². The fourth-order valence-electron chi connectivity index (χ4n) is 12.7. The van der Waals surface area contributed by atoms with Gasteiger partial charge < -0.3 is 52.5 Å². The molecule has 12 rings (SSSR count). The topological polar surface area (TPSA) is 348 Å². The minimum absolute atomic E-state index is 0.0555. The van der Waals surface area contributed by atoms with Crippen molar-refractivity contribution in [2.45, 2.75) is 135 Å². The second-order valence-corrected chi connectivity index (χ2v) is 30.8. The average Bonchev–Trinajstić information content (AvgIpc) is 1.70. The van der Waals surface area contributed by atoms with E-state index < -0.39 is 22.3 Å². The Labute approximate surface area is 637 Å². The molecule has 0 unspecified atom stereocenters. The monoisotopic (exact) mass is 1570 g/mol. The lowest BCUT2D eigenvalue weighted by Crippen LogP contribution is -2.24. The number of aliphatic hydroxyl groups is 3. The minimum Gasteiger partial charge on any atom is -0.396 e. The van der Waals surface area contributed by atoms with Crippen LogP contribution in [0.4, 0.5) is 17.5 Å². The van der Waals surface area contributed by atoms with E-state index in [-0.39, 0.29) is 55.3 Å². The summed E-state index contributed by atoms with van der Waals surface area (Å²) in [6.45, 7) is 18.1. The molecule has 3 aromatic carbocycles. The standard InChI is InChI=1S/C24H28N4O2S.C23H27N5O5S2.C17H20BrN3O2S.C7H9N.C6H15N/c1-16-7-20(9-19(16)13-29)28-24-21(12-26-15-27-24)23(30)22-8-18(14-31-22)11-25-10-17-5-3-2-4-6-17;24-35(31,32)33-12-17-7-18(8-20(17)29)28-23-19(11-26-14-27-23)22(30)21-6-16(13-34-21)10-25-9-15-4-2-1-3-5-15;1-10-2-13(4-12(10)7-22)21-17-14(6-19-9-20-17)16(23)15-3-11(5-18)8-24-15;8-6-7-4-2-1-3-5-7;1-4-7(5-2)6-3/h2-6,8,12,14-16,19-20,25,29H,7,9-11,13H2,1H3,(H,26,27,28);1-6,11,13-14,17-18,20,25,29H,7-10,12H2,(H2,24,31,32)(H,26,27,28);3,6,8-10,12-13,22H,2,4-5,7H2,1H3,(H,19,20,21);1-5H,6,8H2;4-6H2,1-3H3/t16-,19+,20-;17-,18-,20+;10-,12+,13-;;/m010../s1. The highest BCUT2D eigenvalue weighted by atomic mass is 79.9. The van der Waals surface area contributed by atoms with Gasteiger partial charge in [-0.05, 0) is 150 Å². The lowest BCUT2D eigenvalue weighted by atomic mass is 10.00. The molecule has 3 saturated carbocycles. The molecule has 0 radical (unpaired) electrons. The van der Waals surface area contributed by atoms with Crippen molar-refractivity contribution in [2.24, 2.45) is 40.5 Å². The first-order valence-corrected chi connectivity index (χ1v) is 40.7. The van der Waals surface area contributed by atoms with Crippen LogP contribution in [-0.2, 0) is 52.5 Å². The first kappa shape index (κ1) is 83.1. The number of aliphatic hydroxyl groups excluding tert-OH is 3. The Morgan fingerprint density at radius 2 is 0.886 bits per heavy atom. The molecule has 0 aliphatic heterocycles. The molecule has 0 saturated heterocycles. The lowest BCUT2D eigenvalue weighted by molar-refractivity contribution is 0.100. The lowest BCUT2D eigenvalue weighted by Gasteiger charge is -2.15. The molecule has 3 aliphatic rings. The van der Waals surface area contributed by atoms with Crippen molar-refractivity contribution >= 4 is 95.0 Å². The van der Waals surface area contributed by atoms with Gasteiger partial charge in [0.1, 0.15) is 36.4 Å². The highest BCUT2D eigenvalue weighted by Crippen LogP contribution is 2.36. The van der Waals surface area contributed by atoms with E-state index in [1.165, 1.54) is 95.5 Å². The van der Waals surface area contributed by atoms with E-state index in [0.717, 1.165) is 60.8 Å². The molecule has 28 heteroatoms. The molecule has 6 heterocycles. The van der Waals surface area contributed by atoms with Crippen molar-refractivity contribution in [1.82, 2.24) is 45.4 Å². The van der Waals surface area contributed by atoms with Crippen LogP contribution in [0.3, 0.4) is 0 Å². The number of ketones is 3. The third-order valence-electron chi connectivity index (χ3n) is 18.8. The molecular weight excluding hydrogens is 1470 g/mol. The van der Waals surface area contributed by atoms with E-state index in [0.29, 0.717) is 105 Å². The maximum atomic E-state index is 13.2. The number of hydrogen-bond donors (Lipinski definition) is 10. The quantitative estimate of drug-likeness (QED) is 0.0148. The number of carbonyl (C=O) groups is 3. The van der Waals surface area contributed by atoms with Gasteiger partial charge in [-0.2, -0.15) is 8.42 Å². The maximum Gasteiger partial charge on any atom is 0.333 e. The zero-order valence-corrected chi connectivity index (χ0v) is 65.0. The Balaban J connectivity index is 0.000000183. The SMILES string of the molecule is CCN(CC)CC.C[C@H]1C[C@H](Nc2ncncc2C(=O)c2cc(CBr)cs2)C[C@@H]1CO.C[C@H]1C[C@H](Nc2ncncc2C(=O)c2cc(CNCc3ccccc3)cs2)C[C@@H]1CO.NCc1ccccc1.NS(=O)(=O)OC[C@H]1C[C@@H](Nc2ncncc2C(=O)c2cc(CNCc3ccccc3)cs2)C[C@@H]1O. The van der Waals surface area contributed by atoms with Gasteiger partial charge in [-0.25, -0.2) is 35.0 Å². The summed E-state index contributed by atoms with van der Waals surface area (Å²) in [5.74, 6) is 2.32. The van der Waals surface area contributed by atoms with E-state index >= 15 is 0 Å². The van der Waals surface area contributed by atoms with E-state index in [1.54, 1.807) is 12.4 Å². The molecule has 562 valence electrons. The predicted octanol–water partition coefficient (Wildman–Crippen LogP) is 11.7. The molecule has 0 spiro atoms. The number of carbonyl (C=O) groups excluding carboxylic acids is 3. The summed E-state index contributed by atoms with van der Waals surface area (Å²) in [5, 5.41) is 57.6. The average molecular weight is 1570 g/mol. The number of rotatable bonds is 30. The fourth-order valence-corrected chi connectivity index (χ4v) is 16.2. The van der Waals surface area contributed by atoms with Gasteiger partial charge in [0.15, 0.2) is 0 Å². The van der Waals surface area contributed by atoms with Crippen molar-refractivity contribution < 1.29 is 42.3 Å². The first-order valence-electron chi connectivity index (χ1n) is 35.5. The minimum atomic E-state index is -4.08. The van der Waals surface area contributed by atoms with Crippen LogP contribution in [0, 0.1) is 29.6 Å². The van der Waals surface area contributed by atoms with Gasteiger partial charge >= 0.3 is 10.3 Å². The summed E-state index contributed by atoms with van der Waals surface area (Å²) in [6.07, 6.45) is 12.6. The summed E-state index contributed by atoms with van der Waals surface area (Å²) in [5.41, 5.74) is 13.5. The molecule has 9 aromatic rings. The number of alkyl halides is 1. The van der Waals surface area contributed by atoms with E-state index in [4.69, 9.17) is 10.9 Å². The zero-order valence-electron chi connectivity index (χ0n) is 60.1. The van der Waals surface area contributed by atoms with Crippen molar-refractivity contribution in [3.05, 3.63) is 228 Å². The van der Waals surface area contributed by atoms with Gasteiger partial charge in [-0.15, -0.1) is 34.0 Å². The molecule has 6 aromatic heterocycles. The Morgan fingerprint density at radius 3 is 1.21 bits per heavy atom. The highest BCUT2D eigenvalue weighted by molar-refractivity contribution is 9.08. The summed E-state index contributed by atoms with van der Waals surface area (Å²) >= 11 is 7.65. The zero-order chi connectivity index (χ0) is 75.1. The number of benzene rings is 3. The fraction of sp³-hybridized carbons (Fsp3) is 0.416. The summed E-state index contributed by atoms with van der Waals surface area (Å²) < 4.78 is 26.7. The second-order valence-electron chi connectivity index (χ2n) is 26.3. The van der Waals surface area contributed by atoms with Crippen LogP contribution in [0.15, 0.2) is 163 Å². The maximum absolute atomic E-state index is 13.2. The molecule has 105 heavy (non-hydrogen) atoms. The van der Waals surface area contributed by atoms with E-state index in [2.05, 4.69) is 140 Å². The Bertz CT molecular complexity index is 4190. The van der Waals surface area contributed by atoms with Crippen LogP contribution < -0.4 is 37.5 Å². The largest absolute Gasteiger partial charge is 0.396 e. The molecule has 3 fully saturated rings. The molecule has 23 nitrogen and oxygen atoms in total. The van der Waals surface area contributed by atoms with E-state index in [9.17, 15) is 38.1 Å². The van der Waals surface area contributed by atoms with Gasteiger partial charge in [0, 0.05) is 93.9 Å².